The number of nitrogens with one attached hydrogen (secondary N) is 1. The van der Waals surface area contributed by atoms with E-state index in [9.17, 15) is 4.79 Å². The number of thiophene rings is 1. The summed E-state index contributed by atoms with van der Waals surface area (Å²) in [6.45, 7) is 4.28. The minimum atomic E-state index is -0.358. The van der Waals surface area contributed by atoms with Crippen LogP contribution in [0.3, 0.4) is 0 Å². The van der Waals surface area contributed by atoms with Gasteiger partial charge in [0.25, 0.3) is 0 Å². The Labute approximate surface area is 165 Å². The first-order valence-corrected chi connectivity index (χ1v) is 9.41. The second kappa shape index (κ2) is 7.35. The van der Waals surface area contributed by atoms with E-state index >= 15 is 0 Å². The number of aromatic nitrogens is 5. The van der Waals surface area contributed by atoms with Crippen molar-refractivity contribution >= 4 is 33.3 Å². The maximum absolute atomic E-state index is 12.0. The van der Waals surface area contributed by atoms with Gasteiger partial charge in [0.05, 0.1) is 12.5 Å². The number of carbonyl (C=O) groups excluding carboxylic acids is 1. The van der Waals surface area contributed by atoms with Crippen LogP contribution in [0.2, 0.25) is 0 Å². The molecule has 28 heavy (non-hydrogen) atoms. The van der Waals surface area contributed by atoms with Gasteiger partial charge >= 0.3 is 5.97 Å². The van der Waals surface area contributed by atoms with Crippen molar-refractivity contribution in [2.24, 2.45) is 0 Å². The van der Waals surface area contributed by atoms with E-state index in [0.717, 1.165) is 27.2 Å². The van der Waals surface area contributed by atoms with Gasteiger partial charge in [-0.15, -0.1) is 11.3 Å². The predicted molar refractivity (Wildman–Crippen MR) is 107 cm³/mol. The largest absolute Gasteiger partial charge is 0.465 e. The monoisotopic (exact) mass is 394 g/mol. The van der Waals surface area contributed by atoms with Gasteiger partial charge in [-0.1, -0.05) is 0 Å². The van der Waals surface area contributed by atoms with E-state index in [-0.39, 0.29) is 5.97 Å². The predicted octanol–water partition coefficient (Wildman–Crippen LogP) is 3.29. The number of anilines is 1. The number of esters is 1. The first kappa shape index (κ1) is 18.1. The maximum atomic E-state index is 12.0. The Balaban J connectivity index is 1.66. The summed E-state index contributed by atoms with van der Waals surface area (Å²) in [5.74, 6) is 1.78. The van der Waals surface area contributed by atoms with Gasteiger partial charge in [-0.3, -0.25) is 4.57 Å². The molecule has 4 heterocycles. The maximum Gasteiger partial charge on any atom is 0.348 e. The van der Waals surface area contributed by atoms with Crippen LogP contribution in [-0.2, 0) is 11.3 Å². The zero-order chi connectivity index (χ0) is 19.7. The van der Waals surface area contributed by atoms with Gasteiger partial charge in [0.1, 0.15) is 33.5 Å². The minimum absolute atomic E-state index is 0.358. The van der Waals surface area contributed by atoms with Crippen molar-refractivity contribution in [2.45, 2.75) is 20.4 Å². The van der Waals surface area contributed by atoms with Crippen LogP contribution in [0.15, 0.2) is 37.1 Å². The molecular weight excluding hydrogens is 376 g/mol. The highest BCUT2D eigenvalue weighted by Crippen LogP contribution is 2.34. The van der Waals surface area contributed by atoms with Crippen molar-refractivity contribution in [3.05, 3.63) is 58.9 Å². The molecule has 0 saturated carbocycles. The second-order valence-electron chi connectivity index (χ2n) is 6.19. The fourth-order valence-electron chi connectivity index (χ4n) is 2.95. The molecule has 0 fully saturated rings. The molecule has 0 radical (unpaired) electrons. The molecule has 142 valence electrons. The summed E-state index contributed by atoms with van der Waals surface area (Å²) in [5, 5.41) is 4.23. The summed E-state index contributed by atoms with van der Waals surface area (Å²) >= 11 is 1.32. The molecule has 9 heteroatoms. The molecule has 0 aliphatic rings. The summed E-state index contributed by atoms with van der Waals surface area (Å²) < 4.78 is 6.73. The van der Waals surface area contributed by atoms with E-state index in [1.54, 1.807) is 18.7 Å². The van der Waals surface area contributed by atoms with E-state index in [0.29, 0.717) is 23.1 Å². The molecule has 4 aromatic heterocycles. The van der Waals surface area contributed by atoms with Gasteiger partial charge in [-0.2, -0.15) is 0 Å². The normalized spacial score (nSPS) is 11.0. The molecule has 0 spiro atoms. The summed E-state index contributed by atoms with van der Waals surface area (Å²) in [6.07, 6.45) is 7.03. The van der Waals surface area contributed by atoms with Gasteiger partial charge in [0, 0.05) is 25.1 Å². The third kappa shape index (κ3) is 3.31. The van der Waals surface area contributed by atoms with Crippen molar-refractivity contribution < 1.29 is 9.53 Å². The van der Waals surface area contributed by atoms with Crippen molar-refractivity contribution in [1.29, 1.82) is 0 Å². The van der Waals surface area contributed by atoms with Crippen molar-refractivity contribution in [3.8, 4) is 5.82 Å². The quantitative estimate of drug-likeness (QED) is 0.519. The van der Waals surface area contributed by atoms with Crippen molar-refractivity contribution in [2.75, 3.05) is 12.4 Å². The molecule has 0 atom stereocenters. The number of aryl methyl sites for hydroxylation is 2. The highest BCUT2D eigenvalue weighted by molar-refractivity contribution is 7.20. The van der Waals surface area contributed by atoms with Crippen molar-refractivity contribution in [1.82, 2.24) is 24.5 Å². The number of hydrogen-bond acceptors (Lipinski definition) is 8. The lowest BCUT2D eigenvalue weighted by atomic mass is 10.2. The molecule has 1 N–H and O–H groups in total. The SMILES string of the molecule is COC(=O)c1sc2nc(C)nc(NCc3ccnc(-n4ccnc4)c3)c2c1C. The topological polar surface area (TPSA) is 94.8 Å². The van der Waals surface area contributed by atoms with Gasteiger partial charge in [0.2, 0.25) is 0 Å². The Kier molecular flexibility index (Phi) is 4.74. The number of carbonyl (C=O) groups is 1. The first-order chi connectivity index (χ1) is 13.6. The fraction of sp³-hybridized carbons (Fsp3) is 0.211. The third-order valence-corrected chi connectivity index (χ3v) is 5.48. The molecule has 0 aromatic carbocycles. The van der Waals surface area contributed by atoms with E-state index in [4.69, 9.17) is 4.74 Å². The standard InChI is InChI=1S/C19H18N6O2S/c1-11-15-17(23-12(2)24-18(15)28-16(11)19(26)27-3)22-9-13-4-5-21-14(8-13)25-7-6-20-10-25/h4-8,10H,9H2,1-3H3,(H,22,23,24). The molecule has 4 rings (SSSR count). The van der Waals surface area contributed by atoms with Gasteiger partial charge < -0.3 is 10.1 Å². The second-order valence-corrected chi connectivity index (χ2v) is 7.19. The molecule has 0 unspecified atom stereocenters. The highest BCUT2D eigenvalue weighted by Gasteiger charge is 2.20. The smallest absolute Gasteiger partial charge is 0.348 e. The minimum Gasteiger partial charge on any atom is -0.465 e. The molecule has 0 saturated heterocycles. The number of imidazole rings is 1. The molecule has 0 aliphatic heterocycles. The molecule has 0 aliphatic carbocycles. The number of fused-ring (bicyclic) bond motifs is 1. The summed E-state index contributed by atoms with van der Waals surface area (Å²) in [4.78, 5) is 30.8. The van der Waals surface area contributed by atoms with Gasteiger partial charge in [-0.05, 0) is 37.1 Å². The lowest BCUT2D eigenvalue weighted by molar-refractivity contribution is 0.0605. The summed E-state index contributed by atoms with van der Waals surface area (Å²) in [6, 6.07) is 3.93. The number of rotatable bonds is 5. The number of ether oxygens (including phenoxy) is 1. The van der Waals surface area contributed by atoms with Crippen LogP contribution < -0.4 is 5.32 Å². The Hall–Kier alpha value is -3.33. The number of methoxy groups -OCH3 is 1. The molecular formula is C19H18N6O2S. The van der Waals surface area contributed by atoms with Crippen LogP contribution >= 0.6 is 11.3 Å². The molecule has 4 aromatic rings. The average Bonchev–Trinajstić information content (AvgIpc) is 3.34. The van der Waals surface area contributed by atoms with E-state index in [1.807, 2.05) is 36.7 Å². The zero-order valence-corrected chi connectivity index (χ0v) is 16.4. The average molecular weight is 394 g/mol. The van der Waals surface area contributed by atoms with E-state index in [2.05, 4.69) is 25.3 Å². The number of hydrogen-bond donors (Lipinski definition) is 1. The lowest BCUT2D eigenvalue weighted by Crippen LogP contribution is -2.05. The number of nitrogens with zero attached hydrogens (tertiary/aromatic N) is 5. The van der Waals surface area contributed by atoms with Crippen LogP contribution in [0.1, 0.15) is 26.6 Å². The van der Waals surface area contributed by atoms with E-state index < -0.39 is 0 Å². The third-order valence-electron chi connectivity index (χ3n) is 4.31. The van der Waals surface area contributed by atoms with Crippen molar-refractivity contribution in [3.63, 3.8) is 0 Å². The fourth-order valence-corrected chi connectivity index (χ4v) is 4.10. The van der Waals surface area contributed by atoms with Crippen LogP contribution in [0.25, 0.3) is 16.0 Å². The van der Waals surface area contributed by atoms with E-state index in [1.165, 1.54) is 18.4 Å². The highest BCUT2D eigenvalue weighted by atomic mass is 32.1. The lowest BCUT2D eigenvalue weighted by Gasteiger charge is -2.10. The van der Waals surface area contributed by atoms with Crippen LogP contribution in [-0.4, -0.2) is 37.6 Å². The van der Waals surface area contributed by atoms with Gasteiger partial charge in [0.15, 0.2) is 0 Å². The number of pyridine rings is 1. The molecule has 0 amide bonds. The first-order valence-electron chi connectivity index (χ1n) is 8.60. The summed E-state index contributed by atoms with van der Waals surface area (Å²) in [5.41, 5.74) is 1.87. The Morgan fingerprint density at radius 3 is 2.89 bits per heavy atom. The summed E-state index contributed by atoms with van der Waals surface area (Å²) in [7, 11) is 1.38. The molecule has 0 bridgehead atoms. The van der Waals surface area contributed by atoms with Crippen LogP contribution in [0, 0.1) is 13.8 Å². The van der Waals surface area contributed by atoms with Gasteiger partial charge in [-0.25, -0.2) is 24.7 Å². The zero-order valence-electron chi connectivity index (χ0n) is 15.6. The Morgan fingerprint density at radius 1 is 1.29 bits per heavy atom. The molecule has 8 nitrogen and oxygen atoms in total. The van der Waals surface area contributed by atoms with Crippen LogP contribution in [0.4, 0.5) is 5.82 Å². The Bertz CT molecular complexity index is 1150. The Morgan fingerprint density at radius 2 is 2.14 bits per heavy atom. The van der Waals surface area contributed by atoms with Crippen LogP contribution in [0.5, 0.6) is 0 Å².